The number of carbonyl (C=O) groups is 2. The first-order chi connectivity index (χ1) is 26.1. The number of hydrogen-bond acceptors (Lipinski definition) is 13. The fraction of sp³-hybridized carbons (Fsp3) is 0.487. The van der Waals surface area contributed by atoms with Crippen LogP contribution >= 0.6 is 0 Å². The monoisotopic (exact) mass is 741 g/mol. The number of piperidine rings is 1. The predicted octanol–water partition coefficient (Wildman–Crippen LogP) is 5.93. The first-order valence-electron chi connectivity index (χ1n) is 18.8. The van der Waals surface area contributed by atoms with Crippen LogP contribution in [-0.2, 0) is 4.79 Å². The number of hydrogen-bond donors (Lipinski definition) is 1. The number of carbonyl (C=O) groups excluding carboxylic acids is 2. The molecule has 54 heavy (non-hydrogen) atoms. The average Bonchev–Trinajstić information content (AvgIpc) is 3.71. The van der Waals surface area contributed by atoms with Gasteiger partial charge >= 0.3 is 0 Å². The second-order valence-corrected chi connectivity index (χ2v) is 13.6. The Kier molecular flexibility index (Phi) is 13.8. The highest BCUT2D eigenvalue weighted by Crippen LogP contribution is 2.32. The zero-order chi connectivity index (χ0) is 38.8. The highest BCUT2D eigenvalue weighted by Gasteiger charge is 2.28. The molecule has 7 rings (SSSR count). The molecular weight excluding hydrogens is 690 g/mol. The number of anilines is 3. The number of fused-ring (bicyclic) bond motifs is 1. The van der Waals surface area contributed by atoms with Gasteiger partial charge in [-0.05, 0) is 89.5 Å². The number of piperazine rings is 1. The fourth-order valence-electron chi connectivity index (χ4n) is 7.48. The van der Waals surface area contributed by atoms with Crippen LogP contribution in [0.1, 0.15) is 81.3 Å². The van der Waals surface area contributed by atoms with E-state index < -0.39 is 4.92 Å². The molecule has 4 aromatic rings. The lowest BCUT2D eigenvalue weighted by Gasteiger charge is -2.42. The Morgan fingerprint density at radius 3 is 2.17 bits per heavy atom. The van der Waals surface area contributed by atoms with E-state index in [0.29, 0.717) is 29.0 Å². The summed E-state index contributed by atoms with van der Waals surface area (Å²) in [5.74, 6) is 1.11. The van der Waals surface area contributed by atoms with Gasteiger partial charge in [-0.1, -0.05) is 26.7 Å². The molecule has 3 aliphatic rings. The second-order valence-electron chi connectivity index (χ2n) is 13.6. The molecule has 0 radical (unpaired) electrons. The van der Waals surface area contributed by atoms with E-state index in [0.717, 1.165) is 62.9 Å². The summed E-state index contributed by atoms with van der Waals surface area (Å²) in [5, 5.41) is 14.1. The number of ketones is 1. The van der Waals surface area contributed by atoms with Crippen molar-refractivity contribution in [3.05, 3.63) is 80.4 Å². The maximum Gasteiger partial charge on any atom is 0.298 e. The van der Waals surface area contributed by atoms with Crippen LogP contribution in [0, 0.1) is 17.0 Å². The van der Waals surface area contributed by atoms with Gasteiger partial charge in [0.25, 0.3) is 17.7 Å². The molecular formula is C39H51N9O6. The first-order valence-corrected chi connectivity index (χ1v) is 18.8. The van der Waals surface area contributed by atoms with E-state index in [4.69, 9.17) is 4.98 Å². The van der Waals surface area contributed by atoms with E-state index in [1.165, 1.54) is 57.1 Å². The minimum Gasteiger partial charge on any atom is -0.429 e. The molecule has 0 unspecified atom stereocenters. The highest BCUT2D eigenvalue weighted by molar-refractivity contribution is 5.99. The van der Waals surface area contributed by atoms with Gasteiger partial charge in [0.05, 0.1) is 22.4 Å². The molecule has 288 valence electrons. The zero-order valence-corrected chi connectivity index (χ0v) is 31.9. The summed E-state index contributed by atoms with van der Waals surface area (Å²) in [6.45, 7) is 14.1. The van der Waals surface area contributed by atoms with Crippen molar-refractivity contribution in [1.82, 2.24) is 29.3 Å². The quantitative estimate of drug-likeness (QED) is 0.0928. The van der Waals surface area contributed by atoms with Gasteiger partial charge in [-0.15, -0.1) is 0 Å². The molecule has 2 saturated heterocycles. The molecule has 0 bridgehead atoms. The number of rotatable bonds is 9. The average molecular weight is 742 g/mol. The van der Waals surface area contributed by atoms with E-state index in [1.54, 1.807) is 10.8 Å². The number of likely N-dealkylation sites (tertiary alicyclic amines) is 1. The second kappa shape index (κ2) is 18.7. The Labute approximate surface area is 315 Å². The van der Waals surface area contributed by atoms with Crippen LogP contribution in [0.3, 0.4) is 0 Å². The number of non-ortho nitro benzene ring substituents is 1. The van der Waals surface area contributed by atoms with Gasteiger partial charge in [-0.3, -0.25) is 34.0 Å². The summed E-state index contributed by atoms with van der Waals surface area (Å²) in [4.78, 5) is 66.7. The summed E-state index contributed by atoms with van der Waals surface area (Å²) in [7, 11) is 2.22. The van der Waals surface area contributed by atoms with Gasteiger partial charge in [0.15, 0.2) is 5.78 Å². The molecule has 5 heterocycles. The largest absolute Gasteiger partial charge is 0.429 e. The smallest absolute Gasteiger partial charge is 0.298 e. The third kappa shape index (κ3) is 9.44. The van der Waals surface area contributed by atoms with Crippen LogP contribution in [-0.4, -0.2) is 98.9 Å². The predicted molar refractivity (Wildman–Crippen MR) is 209 cm³/mol. The van der Waals surface area contributed by atoms with Gasteiger partial charge in [-0.25, -0.2) is 9.97 Å². The molecule has 3 aromatic heterocycles. The number of benzene rings is 1. The number of nitro groups is 1. The van der Waals surface area contributed by atoms with Crippen molar-refractivity contribution in [3.63, 3.8) is 0 Å². The van der Waals surface area contributed by atoms with E-state index in [1.807, 2.05) is 33.0 Å². The van der Waals surface area contributed by atoms with E-state index in [9.17, 15) is 24.5 Å². The highest BCUT2D eigenvalue weighted by atomic mass is 16.6. The molecule has 15 heteroatoms. The Morgan fingerprint density at radius 2 is 1.59 bits per heavy atom. The number of aromatic nitrogens is 4. The summed E-state index contributed by atoms with van der Waals surface area (Å²) in [5.41, 5.74) is 2.31. The van der Waals surface area contributed by atoms with Crippen molar-refractivity contribution < 1.29 is 19.2 Å². The van der Waals surface area contributed by atoms with Crippen molar-refractivity contribution in [1.29, 1.82) is 0 Å². The molecule has 1 aromatic carbocycles. The molecule has 0 spiro atoms. The molecule has 3 fully saturated rings. The van der Waals surface area contributed by atoms with Crippen molar-refractivity contribution >= 4 is 46.4 Å². The van der Waals surface area contributed by atoms with Crippen LogP contribution in [0.2, 0.25) is 0 Å². The third-order valence-electron chi connectivity index (χ3n) is 10.4. The number of nitrogens with one attached hydrogen (secondary N) is 1. The number of nitrogens with zero attached hydrogens (tertiary/aromatic N) is 8. The maximum absolute atomic E-state index is 13.5. The lowest BCUT2D eigenvalue weighted by molar-refractivity contribution is -0.384. The Hall–Kier alpha value is -5.28. The van der Waals surface area contributed by atoms with Gasteiger partial charge in [-0.2, -0.15) is 4.98 Å². The first kappa shape index (κ1) is 39.9. The topological polar surface area (TPSA) is 169 Å². The maximum atomic E-state index is 13.5. The third-order valence-corrected chi connectivity index (χ3v) is 10.4. The molecule has 0 amide bonds. The minimum atomic E-state index is -0.523. The van der Waals surface area contributed by atoms with Crippen LogP contribution in [0.15, 0.2) is 53.6 Å². The molecule has 15 nitrogen and oxygen atoms in total. The fourth-order valence-corrected chi connectivity index (χ4v) is 7.48. The van der Waals surface area contributed by atoms with Gasteiger partial charge in [0.2, 0.25) is 5.95 Å². The molecule has 1 saturated carbocycles. The summed E-state index contributed by atoms with van der Waals surface area (Å²) >= 11 is 0. The molecule has 2 aliphatic heterocycles. The Morgan fingerprint density at radius 1 is 0.926 bits per heavy atom. The Bertz CT molecular complexity index is 1950. The van der Waals surface area contributed by atoms with Gasteiger partial charge < -0.3 is 19.9 Å². The van der Waals surface area contributed by atoms with Crippen molar-refractivity contribution in [2.24, 2.45) is 0 Å². The van der Waals surface area contributed by atoms with Crippen LogP contribution < -0.4 is 20.5 Å². The lowest BCUT2D eigenvalue weighted by Crippen LogP contribution is -2.53. The summed E-state index contributed by atoms with van der Waals surface area (Å²) in [6.07, 6.45) is 10.1. The normalized spacial score (nSPS) is 16.9. The standard InChI is InChI=1S/C30H40N8O2.C7H5NO4.C2H6/c1-20-25-19-32-30(34-28(25)38(23-6-4-5-7-23)29(40)27(20)21(2)39)33-26-9-8-24(18-31-26)37-16-14-36(15-17-37)22-10-12-35(3)13-11-22;9-5-12-7-3-1-6(2-4-7)8(10)11;1-2/h8-9,18-19,22-23H,4-7,10-17H2,1-3H3,(H,31,32,33,34);1-5H;1-2H3. The molecule has 1 aliphatic carbocycles. The zero-order valence-electron chi connectivity index (χ0n) is 31.9. The molecule has 0 atom stereocenters. The summed E-state index contributed by atoms with van der Waals surface area (Å²) < 4.78 is 6.17. The van der Waals surface area contributed by atoms with Crippen LogP contribution in [0.4, 0.5) is 23.1 Å². The van der Waals surface area contributed by atoms with Gasteiger partial charge in [0, 0.05) is 62.0 Å². The summed E-state index contributed by atoms with van der Waals surface area (Å²) in [6, 6.07) is 10.1. The van der Waals surface area contributed by atoms with Crippen molar-refractivity contribution in [3.8, 4) is 5.75 Å². The van der Waals surface area contributed by atoms with E-state index >= 15 is 0 Å². The number of ether oxygens (including phenoxy) is 1. The minimum absolute atomic E-state index is 0.0340. The van der Waals surface area contributed by atoms with Crippen molar-refractivity contribution in [2.75, 3.05) is 56.5 Å². The van der Waals surface area contributed by atoms with E-state index in [2.05, 4.69) is 47.8 Å². The lowest BCUT2D eigenvalue weighted by atomic mass is 10.0. The number of aryl methyl sites for hydroxylation is 1. The number of Topliss-reactive ketones (excluding diaryl/α,β-unsaturated/α-hetero) is 1. The van der Waals surface area contributed by atoms with Crippen LogP contribution in [0.25, 0.3) is 11.0 Å². The Balaban J connectivity index is 0.000000340. The number of pyridine rings is 2. The van der Waals surface area contributed by atoms with Crippen LogP contribution in [0.5, 0.6) is 5.75 Å². The van der Waals surface area contributed by atoms with E-state index in [-0.39, 0.29) is 40.9 Å². The van der Waals surface area contributed by atoms with Gasteiger partial charge in [0.1, 0.15) is 17.2 Å². The SMILES string of the molecule is CC.CC(=O)c1c(C)c2cnc(Nc3ccc(N4CCN(C5CCN(C)CC5)CC4)cn3)nc2n(C2CCCC2)c1=O.O=COc1ccc([N+](=O)[O-])cc1. The van der Waals surface area contributed by atoms with Crippen molar-refractivity contribution in [2.45, 2.75) is 78.3 Å². The molecule has 1 N–H and O–H groups in total. The number of nitro benzene ring substituents is 1.